The molecule has 1 unspecified atom stereocenters. The number of hydrogen-bond acceptors (Lipinski definition) is 6. The van der Waals surface area contributed by atoms with E-state index in [-0.39, 0.29) is 18.3 Å². The summed E-state index contributed by atoms with van der Waals surface area (Å²) in [6.07, 6.45) is 0.0721. The van der Waals surface area contributed by atoms with Gasteiger partial charge in [0.05, 0.1) is 16.3 Å². The Morgan fingerprint density at radius 3 is 2.62 bits per heavy atom. The summed E-state index contributed by atoms with van der Waals surface area (Å²) in [4.78, 5) is 27.4. The summed E-state index contributed by atoms with van der Waals surface area (Å²) in [6.45, 7) is 0.580. The molecule has 0 spiro atoms. The largest absolute Gasteiger partial charge is 0.481 e. The van der Waals surface area contributed by atoms with Gasteiger partial charge < -0.3 is 20.1 Å². The molecule has 4 aromatic rings. The zero-order valence-electron chi connectivity index (χ0n) is 20.0. The van der Waals surface area contributed by atoms with Crippen LogP contribution in [-0.2, 0) is 9.53 Å². The van der Waals surface area contributed by atoms with Gasteiger partial charge in [0, 0.05) is 23.1 Å². The van der Waals surface area contributed by atoms with E-state index in [1.807, 2.05) is 66.7 Å². The molecule has 3 aromatic carbocycles. The normalized spacial score (nSPS) is 13.9. The molecular weight excluding hydrogens is 488 g/mol. The molecule has 9 heteroatoms. The minimum absolute atomic E-state index is 0.00248. The van der Waals surface area contributed by atoms with Gasteiger partial charge in [0.2, 0.25) is 5.91 Å². The van der Waals surface area contributed by atoms with Crippen molar-refractivity contribution in [3.05, 3.63) is 89.3 Å². The van der Waals surface area contributed by atoms with E-state index in [2.05, 4.69) is 5.32 Å². The molecule has 8 nitrogen and oxygen atoms in total. The molecule has 0 bridgehead atoms. The van der Waals surface area contributed by atoms with Gasteiger partial charge in [0.25, 0.3) is 0 Å². The Kier molecular flexibility index (Phi) is 7.04. The van der Waals surface area contributed by atoms with E-state index in [0.29, 0.717) is 35.0 Å². The number of carbonyl (C=O) groups excluding carboxylic acids is 2. The number of rotatable bonds is 8. The van der Waals surface area contributed by atoms with Crippen LogP contribution in [0.4, 0.5) is 16.2 Å². The molecule has 4 N–H and O–H groups in total. The molecule has 0 radical (unpaired) electrons. The molecule has 1 aromatic heterocycles. The highest BCUT2D eigenvalue weighted by Gasteiger charge is 2.25. The van der Waals surface area contributed by atoms with E-state index in [1.165, 1.54) is 11.3 Å². The Labute approximate surface area is 218 Å². The van der Waals surface area contributed by atoms with Crippen LogP contribution in [0.5, 0.6) is 5.75 Å². The van der Waals surface area contributed by atoms with Gasteiger partial charge in [-0.25, -0.2) is 4.79 Å². The second-order valence-corrected chi connectivity index (χ2v) is 9.68. The highest BCUT2D eigenvalue weighted by Crippen LogP contribution is 2.35. The number of anilines is 2. The second kappa shape index (κ2) is 10.7. The Balaban J connectivity index is 1.33. The maximum absolute atomic E-state index is 12.8. The van der Waals surface area contributed by atoms with E-state index < -0.39 is 12.2 Å². The standard InChI is InChI=1S/C28H26N4O4S/c29-27(30)25-16-19-22(12-6-13-24(19)37-25)36-23(18-8-2-1-3-9-18)17-35-28(34)31-20-10-4-5-11-21(20)32-15-7-14-26(32)33/h1-6,8-13,16,23H,7,14-15,17H2,(H3,29,30)(H,31,34). The van der Waals surface area contributed by atoms with Crippen LogP contribution >= 0.6 is 11.3 Å². The van der Waals surface area contributed by atoms with Crippen LogP contribution in [0.1, 0.15) is 29.4 Å². The lowest BCUT2D eigenvalue weighted by Crippen LogP contribution is -2.26. The van der Waals surface area contributed by atoms with Gasteiger partial charge in [-0.1, -0.05) is 48.5 Å². The third-order valence-corrected chi connectivity index (χ3v) is 7.23. The van der Waals surface area contributed by atoms with E-state index in [0.717, 1.165) is 22.1 Å². The summed E-state index contributed by atoms with van der Waals surface area (Å²) in [5.74, 6) is 0.648. The zero-order chi connectivity index (χ0) is 25.8. The Morgan fingerprint density at radius 2 is 1.86 bits per heavy atom. The Hall–Kier alpha value is -4.37. The number of para-hydroxylation sites is 2. The highest BCUT2D eigenvalue weighted by molar-refractivity contribution is 7.20. The molecule has 1 atom stereocenters. The third kappa shape index (κ3) is 5.41. The highest BCUT2D eigenvalue weighted by atomic mass is 32.1. The molecule has 1 fully saturated rings. The minimum Gasteiger partial charge on any atom is -0.481 e. The molecule has 1 aliphatic rings. The average Bonchev–Trinajstić information content (AvgIpc) is 3.54. The molecule has 188 valence electrons. The summed E-state index contributed by atoms with van der Waals surface area (Å²) < 4.78 is 12.9. The molecular formula is C28H26N4O4S. The predicted octanol–water partition coefficient (Wildman–Crippen LogP) is 5.68. The molecule has 0 saturated carbocycles. The van der Waals surface area contributed by atoms with Gasteiger partial charge in [0.15, 0.2) is 6.10 Å². The number of carbonyl (C=O) groups is 2. The smallest absolute Gasteiger partial charge is 0.411 e. The van der Waals surface area contributed by atoms with Crippen LogP contribution in [0, 0.1) is 5.41 Å². The second-order valence-electron chi connectivity index (χ2n) is 8.60. The van der Waals surface area contributed by atoms with Crippen molar-refractivity contribution in [2.24, 2.45) is 5.73 Å². The van der Waals surface area contributed by atoms with Crippen molar-refractivity contribution in [1.82, 2.24) is 0 Å². The lowest BCUT2D eigenvalue weighted by Gasteiger charge is -2.22. The number of nitrogens with zero attached hydrogens (tertiary/aromatic N) is 1. The van der Waals surface area contributed by atoms with Crippen molar-refractivity contribution in [2.75, 3.05) is 23.4 Å². The number of ether oxygens (including phenoxy) is 2. The van der Waals surface area contributed by atoms with Crippen LogP contribution in [0.25, 0.3) is 10.1 Å². The van der Waals surface area contributed by atoms with Crippen molar-refractivity contribution >= 4 is 50.6 Å². The lowest BCUT2D eigenvalue weighted by atomic mass is 10.1. The topological polar surface area (TPSA) is 118 Å². The number of fused-ring (bicyclic) bond motifs is 1. The Morgan fingerprint density at radius 1 is 1.08 bits per heavy atom. The number of nitrogens with one attached hydrogen (secondary N) is 2. The van der Waals surface area contributed by atoms with Crippen molar-refractivity contribution in [2.45, 2.75) is 18.9 Å². The van der Waals surface area contributed by atoms with Gasteiger partial charge in [-0.05, 0) is 42.3 Å². The molecule has 1 saturated heterocycles. The van der Waals surface area contributed by atoms with Gasteiger partial charge in [-0.15, -0.1) is 11.3 Å². The van der Waals surface area contributed by atoms with Gasteiger partial charge in [0.1, 0.15) is 18.2 Å². The van der Waals surface area contributed by atoms with Gasteiger partial charge >= 0.3 is 6.09 Å². The summed E-state index contributed by atoms with van der Waals surface area (Å²) in [6, 6.07) is 24.2. The average molecular weight is 515 g/mol. The fourth-order valence-corrected chi connectivity index (χ4v) is 5.24. The summed E-state index contributed by atoms with van der Waals surface area (Å²) in [5.41, 5.74) is 7.70. The quantitative estimate of drug-likeness (QED) is 0.207. The first kappa shape index (κ1) is 24.3. The predicted molar refractivity (Wildman–Crippen MR) is 146 cm³/mol. The zero-order valence-corrected chi connectivity index (χ0v) is 20.8. The molecule has 2 heterocycles. The monoisotopic (exact) mass is 514 g/mol. The summed E-state index contributed by atoms with van der Waals surface area (Å²) in [5, 5.41) is 11.4. The molecule has 37 heavy (non-hydrogen) atoms. The minimum atomic E-state index is -0.642. The Bertz CT molecular complexity index is 1450. The fourth-order valence-electron chi connectivity index (χ4n) is 4.30. The maximum atomic E-state index is 12.8. The maximum Gasteiger partial charge on any atom is 0.411 e. The first-order chi connectivity index (χ1) is 18.0. The molecule has 5 rings (SSSR count). The number of nitrogen functional groups attached to an aromatic ring is 1. The first-order valence-electron chi connectivity index (χ1n) is 11.9. The molecule has 1 aliphatic heterocycles. The van der Waals surface area contributed by atoms with Crippen LogP contribution in [0.3, 0.4) is 0 Å². The van der Waals surface area contributed by atoms with Gasteiger partial charge in [-0.2, -0.15) is 0 Å². The van der Waals surface area contributed by atoms with Crippen molar-refractivity contribution in [3.8, 4) is 5.75 Å². The summed E-state index contributed by atoms with van der Waals surface area (Å²) in [7, 11) is 0. The number of hydrogen-bond donors (Lipinski definition) is 3. The van der Waals surface area contributed by atoms with E-state index in [9.17, 15) is 9.59 Å². The van der Waals surface area contributed by atoms with E-state index in [4.69, 9.17) is 20.6 Å². The van der Waals surface area contributed by atoms with Crippen molar-refractivity contribution in [1.29, 1.82) is 5.41 Å². The van der Waals surface area contributed by atoms with Crippen molar-refractivity contribution < 1.29 is 19.1 Å². The number of benzene rings is 3. The first-order valence-corrected chi connectivity index (χ1v) is 12.7. The van der Waals surface area contributed by atoms with E-state index >= 15 is 0 Å². The number of amides is 2. The number of thiophene rings is 1. The number of nitrogens with two attached hydrogens (primary N) is 1. The van der Waals surface area contributed by atoms with Crippen molar-refractivity contribution in [3.63, 3.8) is 0 Å². The summed E-state index contributed by atoms with van der Waals surface area (Å²) >= 11 is 1.42. The third-order valence-electron chi connectivity index (χ3n) is 6.10. The van der Waals surface area contributed by atoms with Crippen LogP contribution in [0.15, 0.2) is 78.9 Å². The molecule has 2 amide bonds. The van der Waals surface area contributed by atoms with Crippen LogP contribution in [0.2, 0.25) is 0 Å². The lowest BCUT2D eigenvalue weighted by molar-refractivity contribution is -0.117. The van der Waals surface area contributed by atoms with E-state index in [1.54, 1.807) is 17.0 Å². The SMILES string of the molecule is N=C(N)c1cc2c(OC(COC(=O)Nc3ccccc3N3CCCC3=O)c3ccccc3)cccc2s1. The fraction of sp³-hybridized carbons (Fsp3) is 0.179. The van der Waals surface area contributed by atoms with Gasteiger partial charge in [-0.3, -0.25) is 15.5 Å². The number of amidine groups is 1. The van der Waals surface area contributed by atoms with Crippen LogP contribution < -0.4 is 20.7 Å². The molecule has 0 aliphatic carbocycles. The van der Waals surface area contributed by atoms with Crippen LogP contribution in [-0.4, -0.2) is 31.0 Å².